The summed E-state index contributed by atoms with van der Waals surface area (Å²) in [4.78, 5) is 8.45. The molecule has 3 aromatic rings. The molecule has 0 saturated heterocycles. The molecule has 0 radical (unpaired) electrons. The smallest absolute Gasteiger partial charge is 0.223 e. The van der Waals surface area contributed by atoms with Crippen molar-refractivity contribution in [1.29, 1.82) is 0 Å². The van der Waals surface area contributed by atoms with Crippen molar-refractivity contribution in [2.24, 2.45) is 0 Å². The van der Waals surface area contributed by atoms with Crippen LogP contribution in [0.15, 0.2) is 47.1 Å². The average molecular weight is 272 g/mol. The van der Waals surface area contributed by atoms with Crippen LogP contribution < -0.4 is 0 Å². The van der Waals surface area contributed by atoms with Crippen LogP contribution in [0.5, 0.6) is 0 Å². The minimum Gasteiger partial charge on any atom is -0.339 e. The van der Waals surface area contributed by atoms with Crippen LogP contribution in [0.25, 0.3) is 22.6 Å². The van der Waals surface area contributed by atoms with Crippen LogP contribution in [0.3, 0.4) is 0 Å². The SMILES string of the molecule is Cc1nc(-c2ccc(-c3ccccn3)c(Cl)c2)no1. The first-order chi connectivity index (χ1) is 9.24. The molecule has 0 bridgehead atoms. The van der Waals surface area contributed by atoms with E-state index < -0.39 is 0 Å². The van der Waals surface area contributed by atoms with Gasteiger partial charge in [0.05, 0.1) is 10.7 Å². The number of rotatable bonds is 2. The van der Waals surface area contributed by atoms with E-state index in [1.54, 1.807) is 13.1 Å². The molecule has 0 amide bonds. The lowest BCUT2D eigenvalue weighted by molar-refractivity contribution is 0.394. The number of pyridine rings is 1. The Kier molecular flexibility index (Phi) is 3.01. The van der Waals surface area contributed by atoms with Crippen molar-refractivity contribution in [2.75, 3.05) is 0 Å². The number of aryl methyl sites for hydroxylation is 1. The summed E-state index contributed by atoms with van der Waals surface area (Å²) < 4.78 is 4.96. The maximum absolute atomic E-state index is 6.29. The second kappa shape index (κ2) is 4.82. The fourth-order valence-corrected chi connectivity index (χ4v) is 2.08. The molecule has 0 aliphatic carbocycles. The minimum atomic E-state index is 0.528. The fourth-order valence-electron chi connectivity index (χ4n) is 1.80. The number of nitrogens with zero attached hydrogens (tertiary/aromatic N) is 3. The Morgan fingerprint density at radius 3 is 2.68 bits per heavy atom. The van der Waals surface area contributed by atoms with Crippen LogP contribution in [-0.4, -0.2) is 15.1 Å². The monoisotopic (exact) mass is 271 g/mol. The van der Waals surface area contributed by atoms with E-state index >= 15 is 0 Å². The van der Waals surface area contributed by atoms with E-state index in [0.29, 0.717) is 16.7 Å². The van der Waals surface area contributed by atoms with Gasteiger partial charge in [-0.1, -0.05) is 35.0 Å². The Labute approximate surface area is 115 Å². The first kappa shape index (κ1) is 11.9. The Balaban J connectivity index is 2.03. The molecule has 1 aromatic carbocycles. The Morgan fingerprint density at radius 1 is 1.16 bits per heavy atom. The van der Waals surface area contributed by atoms with E-state index in [2.05, 4.69) is 15.1 Å². The van der Waals surface area contributed by atoms with Gasteiger partial charge < -0.3 is 4.52 Å². The molecule has 0 spiro atoms. The highest BCUT2D eigenvalue weighted by Crippen LogP contribution is 2.30. The van der Waals surface area contributed by atoms with Crippen molar-refractivity contribution >= 4 is 11.6 Å². The molecular formula is C14H10ClN3O. The number of aromatic nitrogens is 3. The van der Waals surface area contributed by atoms with E-state index in [1.807, 2.05) is 36.4 Å². The molecule has 4 nitrogen and oxygen atoms in total. The summed E-state index contributed by atoms with van der Waals surface area (Å²) in [5, 5.41) is 4.48. The van der Waals surface area contributed by atoms with Crippen LogP contribution in [0, 0.1) is 6.92 Å². The standard InChI is InChI=1S/C14H10ClN3O/c1-9-17-14(18-19-9)10-5-6-11(12(15)8-10)13-4-2-3-7-16-13/h2-8H,1H3. The van der Waals surface area contributed by atoms with Crippen LogP contribution in [-0.2, 0) is 0 Å². The van der Waals surface area contributed by atoms with Crippen molar-refractivity contribution in [3.63, 3.8) is 0 Å². The third-order valence-corrected chi connectivity index (χ3v) is 3.01. The van der Waals surface area contributed by atoms with Gasteiger partial charge >= 0.3 is 0 Å². The number of hydrogen-bond donors (Lipinski definition) is 0. The van der Waals surface area contributed by atoms with Gasteiger partial charge in [-0.3, -0.25) is 4.98 Å². The summed E-state index contributed by atoms with van der Waals surface area (Å²) in [6.07, 6.45) is 1.74. The van der Waals surface area contributed by atoms with Gasteiger partial charge in [-0.05, 0) is 18.2 Å². The second-order valence-electron chi connectivity index (χ2n) is 4.05. The molecule has 0 fully saturated rings. The van der Waals surface area contributed by atoms with Crippen molar-refractivity contribution in [3.05, 3.63) is 53.5 Å². The lowest BCUT2D eigenvalue weighted by Crippen LogP contribution is -1.86. The quantitative estimate of drug-likeness (QED) is 0.712. The lowest BCUT2D eigenvalue weighted by Gasteiger charge is -2.04. The third kappa shape index (κ3) is 2.35. The van der Waals surface area contributed by atoms with Gasteiger partial charge in [0.2, 0.25) is 11.7 Å². The van der Waals surface area contributed by atoms with Gasteiger partial charge in [-0.15, -0.1) is 0 Å². The maximum atomic E-state index is 6.29. The molecule has 0 aliphatic rings. The van der Waals surface area contributed by atoms with E-state index in [-0.39, 0.29) is 0 Å². The maximum Gasteiger partial charge on any atom is 0.223 e. The van der Waals surface area contributed by atoms with Crippen molar-refractivity contribution in [1.82, 2.24) is 15.1 Å². The zero-order valence-electron chi connectivity index (χ0n) is 10.2. The zero-order chi connectivity index (χ0) is 13.2. The van der Waals surface area contributed by atoms with Crippen molar-refractivity contribution in [2.45, 2.75) is 6.92 Å². The Hall–Kier alpha value is -2.20. The predicted molar refractivity (Wildman–Crippen MR) is 72.7 cm³/mol. The number of halogens is 1. The number of benzene rings is 1. The molecule has 2 heterocycles. The largest absolute Gasteiger partial charge is 0.339 e. The van der Waals surface area contributed by atoms with Gasteiger partial charge in [-0.25, -0.2) is 0 Å². The second-order valence-corrected chi connectivity index (χ2v) is 4.45. The molecule has 3 rings (SSSR count). The van der Waals surface area contributed by atoms with Crippen LogP contribution in [0.2, 0.25) is 5.02 Å². The van der Waals surface area contributed by atoms with E-state index in [9.17, 15) is 0 Å². The van der Waals surface area contributed by atoms with Crippen molar-refractivity contribution < 1.29 is 4.52 Å². The zero-order valence-corrected chi connectivity index (χ0v) is 10.9. The summed E-state index contributed by atoms with van der Waals surface area (Å²) >= 11 is 6.29. The lowest BCUT2D eigenvalue weighted by atomic mass is 10.1. The summed E-state index contributed by atoms with van der Waals surface area (Å²) in [6, 6.07) is 11.3. The topological polar surface area (TPSA) is 51.8 Å². The van der Waals surface area contributed by atoms with Gasteiger partial charge in [-0.2, -0.15) is 4.98 Å². The summed E-state index contributed by atoms with van der Waals surface area (Å²) in [6.45, 7) is 1.75. The van der Waals surface area contributed by atoms with Gasteiger partial charge in [0, 0.05) is 24.2 Å². The van der Waals surface area contributed by atoms with E-state index in [4.69, 9.17) is 16.1 Å². The average Bonchev–Trinajstić information content (AvgIpc) is 2.86. The fraction of sp³-hybridized carbons (Fsp3) is 0.0714. The third-order valence-electron chi connectivity index (χ3n) is 2.70. The summed E-state index contributed by atoms with van der Waals surface area (Å²) in [5.74, 6) is 1.06. The Bertz CT molecular complexity index is 710. The van der Waals surface area contributed by atoms with Crippen LogP contribution in [0.1, 0.15) is 5.89 Å². The molecule has 0 atom stereocenters. The highest BCUT2D eigenvalue weighted by molar-refractivity contribution is 6.33. The van der Waals surface area contributed by atoms with E-state index in [1.165, 1.54) is 0 Å². The highest BCUT2D eigenvalue weighted by atomic mass is 35.5. The molecule has 0 aliphatic heterocycles. The van der Waals surface area contributed by atoms with Gasteiger partial charge in [0.25, 0.3) is 0 Å². The molecule has 0 saturated carbocycles. The molecule has 0 unspecified atom stereocenters. The summed E-state index contributed by atoms with van der Waals surface area (Å²) in [5.41, 5.74) is 2.54. The van der Waals surface area contributed by atoms with Crippen LogP contribution >= 0.6 is 11.6 Å². The molecular weight excluding hydrogens is 262 g/mol. The first-order valence-corrected chi connectivity index (χ1v) is 6.13. The molecule has 19 heavy (non-hydrogen) atoms. The summed E-state index contributed by atoms with van der Waals surface area (Å²) in [7, 11) is 0. The number of hydrogen-bond acceptors (Lipinski definition) is 4. The molecule has 2 aromatic heterocycles. The van der Waals surface area contributed by atoms with Crippen LogP contribution in [0.4, 0.5) is 0 Å². The Morgan fingerprint density at radius 2 is 2.05 bits per heavy atom. The first-order valence-electron chi connectivity index (χ1n) is 5.76. The van der Waals surface area contributed by atoms with E-state index in [0.717, 1.165) is 16.8 Å². The predicted octanol–water partition coefficient (Wildman–Crippen LogP) is 3.76. The van der Waals surface area contributed by atoms with Crippen molar-refractivity contribution in [3.8, 4) is 22.6 Å². The minimum absolute atomic E-state index is 0.528. The highest BCUT2D eigenvalue weighted by Gasteiger charge is 2.10. The molecule has 0 N–H and O–H groups in total. The molecule has 94 valence electrons. The normalized spacial score (nSPS) is 10.6. The molecule has 5 heteroatoms. The van der Waals surface area contributed by atoms with Gasteiger partial charge in [0.1, 0.15) is 0 Å². The van der Waals surface area contributed by atoms with Gasteiger partial charge in [0.15, 0.2) is 0 Å².